The molecule has 3 aromatic heterocycles. The SMILES string of the molecule is C[C@H](Nc1ccnc(-c2cnn3cccnc23)n1)c1ccc(F)cc1. The van der Waals surface area contributed by atoms with Gasteiger partial charge in [-0.25, -0.2) is 23.9 Å². The third kappa shape index (κ3) is 3.03. The maximum atomic E-state index is 13.1. The van der Waals surface area contributed by atoms with Gasteiger partial charge >= 0.3 is 0 Å². The molecule has 1 N–H and O–H groups in total. The first-order valence-electron chi connectivity index (χ1n) is 7.84. The van der Waals surface area contributed by atoms with Crippen LogP contribution in [0.2, 0.25) is 0 Å². The maximum absolute atomic E-state index is 13.1. The fraction of sp³-hybridized carbons (Fsp3) is 0.111. The number of hydrogen-bond acceptors (Lipinski definition) is 5. The molecule has 0 bridgehead atoms. The lowest BCUT2D eigenvalue weighted by Crippen LogP contribution is -2.08. The molecule has 0 fully saturated rings. The van der Waals surface area contributed by atoms with Crippen LogP contribution in [0.3, 0.4) is 0 Å². The number of anilines is 1. The summed E-state index contributed by atoms with van der Waals surface area (Å²) in [4.78, 5) is 13.2. The molecule has 0 saturated heterocycles. The normalized spacial score (nSPS) is 12.2. The first-order chi connectivity index (χ1) is 12.2. The summed E-state index contributed by atoms with van der Waals surface area (Å²) in [5, 5.41) is 7.57. The molecular weight excluding hydrogens is 319 g/mol. The number of rotatable bonds is 4. The van der Waals surface area contributed by atoms with Crippen LogP contribution < -0.4 is 5.32 Å². The molecule has 3 heterocycles. The van der Waals surface area contributed by atoms with Gasteiger partial charge in [-0.3, -0.25) is 0 Å². The molecule has 124 valence electrons. The van der Waals surface area contributed by atoms with Crippen LogP contribution >= 0.6 is 0 Å². The van der Waals surface area contributed by atoms with E-state index in [-0.39, 0.29) is 11.9 Å². The zero-order chi connectivity index (χ0) is 17.2. The number of benzene rings is 1. The molecule has 0 aliphatic heterocycles. The van der Waals surface area contributed by atoms with Crippen molar-refractivity contribution in [1.29, 1.82) is 0 Å². The Morgan fingerprint density at radius 2 is 1.92 bits per heavy atom. The lowest BCUT2D eigenvalue weighted by atomic mass is 10.1. The monoisotopic (exact) mass is 334 g/mol. The van der Waals surface area contributed by atoms with E-state index >= 15 is 0 Å². The van der Waals surface area contributed by atoms with Gasteiger partial charge in [0.2, 0.25) is 0 Å². The average molecular weight is 334 g/mol. The van der Waals surface area contributed by atoms with Gasteiger partial charge in [-0.15, -0.1) is 0 Å². The standard InChI is InChI=1S/C18H15FN6/c1-12(13-3-5-14(19)6-4-13)23-16-7-9-20-17(24-16)15-11-22-25-10-2-8-21-18(15)25/h2-12H,1H3,(H,20,23,24)/t12-/m0/s1. The fourth-order valence-electron chi connectivity index (χ4n) is 2.61. The van der Waals surface area contributed by atoms with Gasteiger partial charge in [0, 0.05) is 24.6 Å². The molecule has 4 rings (SSSR count). The third-order valence-electron chi connectivity index (χ3n) is 3.91. The molecular formula is C18H15FN6. The van der Waals surface area contributed by atoms with Gasteiger partial charge in [-0.05, 0) is 36.8 Å². The van der Waals surface area contributed by atoms with E-state index in [0.717, 1.165) is 11.1 Å². The minimum atomic E-state index is -0.249. The molecule has 0 aliphatic carbocycles. The van der Waals surface area contributed by atoms with Gasteiger partial charge in [0.1, 0.15) is 11.6 Å². The number of nitrogens with one attached hydrogen (secondary N) is 1. The highest BCUT2D eigenvalue weighted by molar-refractivity contribution is 5.72. The van der Waals surface area contributed by atoms with Gasteiger partial charge in [0.15, 0.2) is 11.5 Å². The zero-order valence-electron chi connectivity index (χ0n) is 13.5. The van der Waals surface area contributed by atoms with Crippen LogP contribution in [0.5, 0.6) is 0 Å². The van der Waals surface area contributed by atoms with E-state index < -0.39 is 0 Å². The summed E-state index contributed by atoms with van der Waals surface area (Å²) in [6.07, 6.45) is 6.92. The van der Waals surface area contributed by atoms with E-state index in [2.05, 4.69) is 25.4 Å². The second kappa shape index (κ2) is 6.27. The Balaban J connectivity index is 1.62. The van der Waals surface area contributed by atoms with Gasteiger partial charge in [0.25, 0.3) is 0 Å². The van der Waals surface area contributed by atoms with E-state index in [1.807, 2.05) is 19.2 Å². The second-order valence-corrected chi connectivity index (χ2v) is 5.63. The highest BCUT2D eigenvalue weighted by Gasteiger charge is 2.12. The van der Waals surface area contributed by atoms with Crippen LogP contribution in [0.4, 0.5) is 10.2 Å². The maximum Gasteiger partial charge on any atom is 0.166 e. The van der Waals surface area contributed by atoms with Crippen LogP contribution in [0, 0.1) is 5.82 Å². The van der Waals surface area contributed by atoms with E-state index in [4.69, 9.17) is 0 Å². The molecule has 0 unspecified atom stereocenters. The summed E-state index contributed by atoms with van der Waals surface area (Å²) in [5.74, 6) is 0.975. The van der Waals surface area contributed by atoms with Crippen LogP contribution in [0.1, 0.15) is 18.5 Å². The summed E-state index contributed by atoms with van der Waals surface area (Å²) in [5.41, 5.74) is 2.43. The van der Waals surface area contributed by atoms with Crippen LogP contribution in [-0.4, -0.2) is 24.6 Å². The molecule has 6 nitrogen and oxygen atoms in total. The van der Waals surface area contributed by atoms with Gasteiger partial charge in [0.05, 0.1) is 11.8 Å². The molecule has 0 aliphatic rings. The summed E-state index contributed by atoms with van der Waals surface area (Å²) in [6.45, 7) is 1.99. The summed E-state index contributed by atoms with van der Waals surface area (Å²) < 4.78 is 14.7. The summed E-state index contributed by atoms with van der Waals surface area (Å²) in [7, 11) is 0. The second-order valence-electron chi connectivity index (χ2n) is 5.63. The largest absolute Gasteiger partial charge is 0.363 e. The zero-order valence-corrected chi connectivity index (χ0v) is 13.5. The molecule has 0 saturated carbocycles. The highest BCUT2D eigenvalue weighted by atomic mass is 19.1. The molecule has 1 aromatic carbocycles. The van der Waals surface area contributed by atoms with Gasteiger partial charge in [-0.2, -0.15) is 5.10 Å². The summed E-state index contributed by atoms with van der Waals surface area (Å²) in [6, 6.07) is 9.99. The summed E-state index contributed by atoms with van der Waals surface area (Å²) >= 11 is 0. The molecule has 7 heteroatoms. The predicted octanol–water partition coefficient (Wildman–Crippen LogP) is 3.50. The Kier molecular flexibility index (Phi) is 3.81. The van der Waals surface area contributed by atoms with Crippen molar-refractivity contribution < 1.29 is 4.39 Å². The quantitative estimate of drug-likeness (QED) is 0.619. The van der Waals surface area contributed by atoms with E-state index in [1.54, 1.807) is 41.3 Å². The Labute approximate surface area is 143 Å². The average Bonchev–Trinajstić information content (AvgIpc) is 3.06. The van der Waals surface area contributed by atoms with Crippen molar-refractivity contribution in [3.8, 4) is 11.4 Å². The van der Waals surface area contributed by atoms with Crippen molar-refractivity contribution in [3.05, 3.63) is 72.6 Å². The van der Waals surface area contributed by atoms with Gasteiger partial charge in [-0.1, -0.05) is 12.1 Å². The van der Waals surface area contributed by atoms with Crippen molar-refractivity contribution in [2.24, 2.45) is 0 Å². The lowest BCUT2D eigenvalue weighted by Gasteiger charge is -2.15. The first-order valence-corrected chi connectivity index (χ1v) is 7.84. The molecule has 1 atom stereocenters. The number of aromatic nitrogens is 5. The molecule has 0 spiro atoms. The predicted molar refractivity (Wildman–Crippen MR) is 92.5 cm³/mol. The van der Waals surface area contributed by atoms with Crippen LogP contribution in [0.15, 0.2) is 61.2 Å². The minimum Gasteiger partial charge on any atom is -0.363 e. The first kappa shape index (κ1) is 15.2. The topological polar surface area (TPSA) is 68.0 Å². The van der Waals surface area contributed by atoms with Crippen molar-refractivity contribution in [1.82, 2.24) is 24.6 Å². The lowest BCUT2D eigenvalue weighted by molar-refractivity contribution is 0.626. The number of hydrogen-bond donors (Lipinski definition) is 1. The molecule has 0 radical (unpaired) electrons. The Morgan fingerprint density at radius 3 is 2.76 bits per heavy atom. The molecule has 0 amide bonds. The molecule has 4 aromatic rings. The Morgan fingerprint density at radius 1 is 1.08 bits per heavy atom. The van der Waals surface area contributed by atoms with Crippen molar-refractivity contribution in [2.45, 2.75) is 13.0 Å². The van der Waals surface area contributed by atoms with Crippen LogP contribution in [0.25, 0.3) is 17.0 Å². The minimum absolute atomic E-state index is 0.0228. The van der Waals surface area contributed by atoms with E-state index in [9.17, 15) is 4.39 Å². The van der Waals surface area contributed by atoms with Crippen LogP contribution in [-0.2, 0) is 0 Å². The van der Waals surface area contributed by atoms with Crippen molar-refractivity contribution >= 4 is 11.5 Å². The fourth-order valence-corrected chi connectivity index (χ4v) is 2.61. The number of nitrogens with zero attached hydrogens (tertiary/aromatic N) is 5. The van der Waals surface area contributed by atoms with E-state index in [1.165, 1.54) is 12.1 Å². The Hall–Kier alpha value is -3.35. The third-order valence-corrected chi connectivity index (χ3v) is 3.91. The van der Waals surface area contributed by atoms with E-state index in [0.29, 0.717) is 17.3 Å². The molecule has 25 heavy (non-hydrogen) atoms. The van der Waals surface area contributed by atoms with Crippen molar-refractivity contribution in [3.63, 3.8) is 0 Å². The Bertz CT molecular complexity index is 1010. The van der Waals surface area contributed by atoms with Gasteiger partial charge < -0.3 is 5.32 Å². The highest BCUT2D eigenvalue weighted by Crippen LogP contribution is 2.22. The van der Waals surface area contributed by atoms with Crippen molar-refractivity contribution in [2.75, 3.05) is 5.32 Å². The number of halogens is 1. The smallest absolute Gasteiger partial charge is 0.166 e. The number of fused-ring (bicyclic) bond motifs is 1.